The van der Waals surface area contributed by atoms with Crippen LogP contribution in [0.1, 0.15) is 22.3 Å². The van der Waals surface area contributed by atoms with Gasteiger partial charge < -0.3 is 5.11 Å². The van der Waals surface area contributed by atoms with Crippen molar-refractivity contribution in [1.82, 2.24) is 19.2 Å². The molecule has 98 valence electrons. The van der Waals surface area contributed by atoms with Gasteiger partial charge in [-0.1, -0.05) is 11.3 Å². The molecule has 0 bridgehead atoms. The molecule has 7 heteroatoms. The summed E-state index contributed by atoms with van der Waals surface area (Å²) < 4.78 is 3.64. The fourth-order valence-corrected chi connectivity index (χ4v) is 2.90. The lowest BCUT2D eigenvalue weighted by atomic mass is 10.3. The highest BCUT2D eigenvalue weighted by molar-refractivity contribution is 7.19. The van der Waals surface area contributed by atoms with Gasteiger partial charge in [-0.05, 0) is 13.8 Å². The first-order chi connectivity index (χ1) is 9.10. The predicted molar refractivity (Wildman–Crippen MR) is 71.7 cm³/mol. The summed E-state index contributed by atoms with van der Waals surface area (Å²) in [5.41, 5.74) is 2.45. The Kier molecular flexibility index (Phi) is 2.63. The number of rotatable bonds is 3. The fraction of sp³-hybridized carbons (Fsp3) is 0.250. The Labute approximate surface area is 112 Å². The van der Waals surface area contributed by atoms with Gasteiger partial charge in [0.2, 0.25) is 0 Å². The summed E-state index contributed by atoms with van der Waals surface area (Å²) in [7, 11) is 0. The number of imidazole rings is 1. The molecule has 0 radical (unpaired) electrons. The molecule has 3 aromatic heterocycles. The minimum absolute atomic E-state index is 0.332. The molecule has 0 aromatic carbocycles. The van der Waals surface area contributed by atoms with Gasteiger partial charge in [-0.3, -0.25) is 9.08 Å². The Morgan fingerprint density at radius 2 is 2.26 bits per heavy atom. The molecule has 19 heavy (non-hydrogen) atoms. The summed E-state index contributed by atoms with van der Waals surface area (Å²) in [5.74, 6) is -0.909. The molecule has 0 aliphatic heterocycles. The maximum absolute atomic E-state index is 11.0. The number of thiazole rings is 1. The molecular weight excluding hydrogens is 264 g/mol. The van der Waals surface area contributed by atoms with Gasteiger partial charge in [0.1, 0.15) is 4.88 Å². The van der Waals surface area contributed by atoms with E-state index in [-0.39, 0.29) is 0 Å². The zero-order chi connectivity index (χ0) is 13.6. The Morgan fingerprint density at radius 1 is 1.47 bits per heavy atom. The Morgan fingerprint density at radius 3 is 2.84 bits per heavy atom. The summed E-state index contributed by atoms with van der Waals surface area (Å²) in [4.78, 5) is 16.5. The van der Waals surface area contributed by atoms with Crippen molar-refractivity contribution in [2.75, 3.05) is 0 Å². The van der Waals surface area contributed by atoms with E-state index >= 15 is 0 Å². The number of nitrogens with zero attached hydrogens (tertiary/aromatic N) is 4. The fourth-order valence-electron chi connectivity index (χ4n) is 1.96. The molecule has 3 aromatic rings. The van der Waals surface area contributed by atoms with Crippen LogP contribution in [0.25, 0.3) is 16.2 Å². The summed E-state index contributed by atoms with van der Waals surface area (Å²) in [6, 6.07) is 0. The average molecular weight is 276 g/mol. The maximum atomic E-state index is 11.0. The maximum Gasteiger partial charge on any atom is 0.347 e. The highest BCUT2D eigenvalue weighted by Gasteiger charge is 2.17. The van der Waals surface area contributed by atoms with Crippen LogP contribution in [0.5, 0.6) is 0 Å². The van der Waals surface area contributed by atoms with Crippen LogP contribution >= 0.6 is 11.3 Å². The highest BCUT2D eigenvalue weighted by atomic mass is 32.1. The SMILES string of the molecule is CCn1cc(-c2cn3c(C)c(C(=O)O)sc3n2)cn1. The van der Waals surface area contributed by atoms with Crippen molar-refractivity contribution in [1.29, 1.82) is 0 Å². The molecule has 0 saturated carbocycles. The third kappa shape index (κ3) is 1.82. The zero-order valence-electron chi connectivity index (χ0n) is 10.5. The van der Waals surface area contributed by atoms with Crippen molar-refractivity contribution in [3.63, 3.8) is 0 Å². The largest absolute Gasteiger partial charge is 0.477 e. The number of hydrogen-bond acceptors (Lipinski definition) is 4. The smallest absolute Gasteiger partial charge is 0.347 e. The molecule has 0 aliphatic rings. The second-order valence-electron chi connectivity index (χ2n) is 4.19. The molecule has 0 fully saturated rings. The number of aromatic nitrogens is 4. The van der Waals surface area contributed by atoms with E-state index in [9.17, 15) is 4.79 Å². The Balaban J connectivity index is 2.10. The molecular formula is C12H12N4O2S. The van der Waals surface area contributed by atoms with E-state index in [0.29, 0.717) is 15.5 Å². The lowest BCUT2D eigenvalue weighted by molar-refractivity contribution is 0.0701. The van der Waals surface area contributed by atoms with Gasteiger partial charge in [-0.2, -0.15) is 5.10 Å². The van der Waals surface area contributed by atoms with Gasteiger partial charge in [-0.25, -0.2) is 9.78 Å². The van der Waals surface area contributed by atoms with Crippen LogP contribution in [0.2, 0.25) is 0 Å². The van der Waals surface area contributed by atoms with E-state index in [1.165, 1.54) is 11.3 Å². The van der Waals surface area contributed by atoms with Crippen LogP contribution in [0.3, 0.4) is 0 Å². The number of carbonyl (C=O) groups is 1. The van der Waals surface area contributed by atoms with Gasteiger partial charge in [-0.15, -0.1) is 0 Å². The lowest BCUT2D eigenvalue weighted by Gasteiger charge is -1.92. The van der Waals surface area contributed by atoms with Gasteiger partial charge in [0, 0.05) is 30.2 Å². The molecule has 0 amide bonds. The number of aryl methyl sites for hydroxylation is 2. The molecule has 3 heterocycles. The van der Waals surface area contributed by atoms with Crippen molar-refractivity contribution in [3.8, 4) is 11.3 Å². The third-order valence-corrected chi connectivity index (χ3v) is 4.15. The van der Waals surface area contributed by atoms with Crippen molar-refractivity contribution < 1.29 is 9.90 Å². The third-order valence-electron chi connectivity index (χ3n) is 3.00. The predicted octanol–water partition coefficient (Wildman–Crippen LogP) is 2.29. The first-order valence-corrected chi connectivity index (χ1v) is 6.66. The van der Waals surface area contributed by atoms with Crippen LogP contribution in [-0.4, -0.2) is 30.2 Å². The van der Waals surface area contributed by atoms with Crippen LogP contribution in [-0.2, 0) is 6.54 Å². The minimum atomic E-state index is -0.909. The zero-order valence-corrected chi connectivity index (χ0v) is 11.3. The van der Waals surface area contributed by atoms with Crippen LogP contribution < -0.4 is 0 Å². The number of carboxylic acid groups (broad SMARTS) is 1. The summed E-state index contributed by atoms with van der Waals surface area (Å²) in [5, 5.41) is 13.3. The van der Waals surface area contributed by atoms with Crippen LogP contribution in [0.15, 0.2) is 18.6 Å². The van der Waals surface area contributed by atoms with E-state index in [0.717, 1.165) is 17.8 Å². The van der Waals surface area contributed by atoms with Gasteiger partial charge in [0.25, 0.3) is 0 Å². The number of aromatic carboxylic acids is 1. The molecule has 0 aliphatic carbocycles. The topological polar surface area (TPSA) is 72.4 Å². The number of hydrogen-bond donors (Lipinski definition) is 1. The van der Waals surface area contributed by atoms with E-state index in [4.69, 9.17) is 5.11 Å². The molecule has 0 atom stereocenters. The lowest BCUT2D eigenvalue weighted by Crippen LogP contribution is -1.96. The summed E-state index contributed by atoms with van der Waals surface area (Å²) >= 11 is 1.19. The van der Waals surface area contributed by atoms with Crippen molar-refractivity contribution in [2.45, 2.75) is 20.4 Å². The first-order valence-electron chi connectivity index (χ1n) is 5.84. The molecule has 0 saturated heterocycles. The van der Waals surface area contributed by atoms with Crippen LogP contribution in [0.4, 0.5) is 0 Å². The number of carboxylic acids is 1. The van der Waals surface area contributed by atoms with Gasteiger partial charge in [0.05, 0.1) is 11.9 Å². The molecule has 6 nitrogen and oxygen atoms in total. The second-order valence-corrected chi connectivity index (χ2v) is 5.16. The average Bonchev–Trinajstić information content (AvgIpc) is 3.04. The van der Waals surface area contributed by atoms with E-state index in [2.05, 4.69) is 10.1 Å². The number of fused-ring (bicyclic) bond motifs is 1. The normalized spacial score (nSPS) is 11.3. The van der Waals surface area contributed by atoms with Gasteiger partial charge in [0.15, 0.2) is 4.96 Å². The molecule has 0 unspecified atom stereocenters. The van der Waals surface area contributed by atoms with Crippen molar-refractivity contribution in [2.24, 2.45) is 0 Å². The molecule has 3 rings (SSSR count). The van der Waals surface area contributed by atoms with E-state index in [1.807, 2.05) is 28.4 Å². The van der Waals surface area contributed by atoms with E-state index < -0.39 is 5.97 Å². The minimum Gasteiger partial charge on any atom is -0.477 e. The van der Waals surface area contributed by atoms with E-state index in [1.54, 1.807) is 13.1 Å². The first kappa shape index (κ1) is 11.9. The summed E-state index contributed by atoms with van der Waals surface area (Å²) in [6.45, 7) is 4.62. The van der Waals surface area contributed by atoms with Crippen molar-refractivity contribution >= 4 is 22.3 Å². The van der Waals surface area contributed by atoms with Crippen LogP contribution in [0, 0.1) is 6.92 Å². The molecule has 0 spiro atoms. The highest BCUT2D eigenvalue weighted by Crippen LogP contribution is 2.26. The molecule has 1 N–H and O–H groups in total. The van der Waals surface area contributed by atoms with Crippen molar-refractivity contribution in [3.05, 3.63) is 29.2 Å². The monoisotopic (exact) mass is 276 g/mol. The van der Waals surface area contributed by atoms with Gasteiger partial charge >= 0.3 is 5.97 Å². The quantitative estimate of drug-likeness (QED) is 0.796. The summed E-state index contributed by atoms with van der Waals surface area (Å²) in [6.07, 6.45) is 5.55. The second kappa shape index (κ2) is 4.20. The Hall–Kier alpha value is -2.15. The standard InChI is InChI=1S/C12H12N4O2S/c1-3-15-5-8(4-13-15)9-6-16-7(2)10(11(17)18)19-12(16)14-9/h4-6H,3H2,1-2H3,(H,17,18). The Bertz CT molecular complexity index is 768.